The number of Topliss-reactive ketones (excluding diaryl/α,β-unsaturated/α-hetero) is 2. The van der Waals surface area contributed by atoms with Gasteiger partial charge < -0.3 is 42.7 Å². The molecular formula is C31H39N9O11S. The molecule has 3 rings (SSSR count). The van der Waals surface area contributed by atoms with Crippen LogP contribution in [-0.4, -0.2) is 101 Å². The molecule has 2 amide bonds. The average molecular weight is 747 g/mol. The first-order chi connectivity index (χ1) is 24.6. The Labute approximate surface area is 301 Å². The highest BCUT2D eigenvalue weighted by Gasteiger charge is 2.30. The molecule has 0 aliphatic rings. The number of anilines is 2. The molecule has 20 nitrogen and oxygen atoms in total. The predicted octanol–water partition coefficient (Wildman–Crippen LogP) is -0.800. The number of nitrogen functional groups attached to an aromatic ring is 1. The van der Waals surface area contributed by atoms with Crippen LogP contribution in [0.5, 0.6) is 0 Å². The zero-order chi connectivity index (χ0) is 38.5. The van der Waals surface area contributed by atoms with Crippen LogP contribution >= 0.6 is 12.6 Å². The van der Waals surface area contributed by atoms with Crippen LogP contribution in [0.3, 0.4) is 0 Å². The van der Waals surface area contributed by atoms with Gasteiger partial charge >= 0.3 is 17.9 Å². The van der Waals surface area contributed by atoms with Crippen LogP contribution in [0.4, 0.5) is 11.6 Å². The molecule has 0 saturated carbocycles. The molecule has 2 heterocycles. The molecule has 0 saturated heterocycles. The minimum atomic E-state index is -1.58. The van der Waals surface area contributed by atoms with E-state index in [0.717, 1.165) is 0 Å². The van der Waals surface area contributed by atoms with Gasteiger partial charge in [0.2, 0.25) is 17.8 Å². The normalized spacial score (nSPS) is 13.3. The highest BCUT2D eigenvalue weighted by molar-refractivity contribution is 7.80. The SMILES string of the molecule is Nc1nc2ncc(CNc3ccc(C(=O)C[C@H](CCC(=O)NC[C@H](N)C(=O)N[C@@H](CC(=O)O)C(=O)C[C@@H](CS)C(=O)O)C(=O)O)cc3)nc2c(=O)[nH]1.[2HH]. The van der Waals surface area contributed by atoms with E-state index >= 15 is 0 Å². The summed E-state index contributed by atoms with van der Waals surface area (Å²) in [5.41, 5.74) is 12.1. The van der Waals surface area contributed by atoms with Gasteiger partial charge in [-0.05, 0) is 30.7 Å². The second kappa shape index (κ2) is 18.9. The Morgan fingerprint density at radius 2 is 1.62 bits per heavy atom. The number of nitrogens with one attached hydrogen (secondary N) is 4. The van der Waals surface area contributed by atoms with Crippen molar-refractivity contribution < 1.29 is 50.3 Å². The number of hydrogen-bond acceptors (Lipinski definition) is 15. The first-order valence-electron chi connectivity index (χ1n) is 15.6. The third-order valence-electron chi connectivity index (χ3n) is 7.62. The molecule has 11 N–H and O–H groups in total. The second-order valence-electron chi connectivity index (χ2n) is 11.6. The zero-order valence-electron chi connectivity index (χ0n) is 27.4. The molecule has 0 radical (unpaired) electrons. The Morgan fingerprint density at radius 3 is 2.23 bits per heavy atom. The van der Waals surface area contributed by atoms with Crippen molar-refractivity contribution in [2.45, 2.75) is 50.7 Å². The largest absolute Gasteiger partial charge is 0.481 e. The number of amides is 2. The van der Waals surface area contributed by atoms with E-state index < -0.39 is 96.6 Å². The smallest absolute Gasteiger partial charge is 0.307 e. The number of benzene rings is 1. The van der Waals surface area contributed by atoms with Crippen molar-refractivity contribution in [2.75, 3.05) is 23.3 Å². The number of H-pyrrole nitrogens is 1. The lowest BCUT2D eigenvalue weighted by atomic mass is 9.94. The van der Waals surface area contributed by atoms with Gasteiger partial charge in [0.25, 0.3) is 5.56 Å². The van der Waals surface area contributed by atoms with Gasteiger partial charge in [-0.3, -0.25) is 43.3 Å². The zero-order valence-corrected chi connectivity index (χ0v) is 28.3. The topological polar surface area (TPSA) is 340 Å². The number of carboxylic acids is 3. The maximum absolute atomic E-state index is 12.9. The number of fused-ring (bicyclic) bond motifs is 1. The van der Waals surface area contributed by atoms with Crippen LogP contribution < -0.4 is 33.0 Å². The van der Waals surface area contributed by atoms with Crippen molar-refractivity contribution in [3.63, 3.8) is 0 Å². The Hall–Kier alpha value is -5.96. The summed E-state index contributed by atoms with van der Waals surface area (Å²) in [4.78, 5) is 111. The number of thiol groups is 1. The first-order valence-corrected chi connectivity index (χ1v) is 16.2. The van der Waals surface area contributed by atoms with Crippen molar-refractivity contribution >= 4 is 76.7 Å². The number of ketones is 2. The van der Waals surface area contributed by atoms with Gasteiger partial charge in [0.1, 0.15) is 6.04 Å². The summed E-state index contributed by atoms with van der Waals surface area (Å²) >= 11 is 3.86. The average Bonchev–Trinajstić information content (AvgIpc) is 3.09. The molecule has 21 heteroatoms. The lowest BCUT2D eigenvalue weighted by Gasteiger charge is -2.20. The Morgan fingerprint density at radius 1 is 0.942 bits per heavy atom. The van der Waals surface area contributed by atoms with E-state index in [9.17, 15) is 43.5 Å². The number of carbonyl (C=O) groups is 7. The first kappa shape index (κ1) is 40.5. The van der Waals surface area contributed by atoms with Gasteiger partial charge in [0.05, 0.1) is 42.7 Å². The van der Waals surface area contributed by atoms with E-state index in [2.05, 4.69) is 48.5 Å². The Kier molecular flexibility index (Phi) is 14.7. The van der Waals surface area contributed by atoms with Gasteiger partial charge in [-0.1, -0.05) is 0 Å². The lowest BCUT2D eigenvalue weighted by molar-refractivity contribution is -0.144. The van der Waals surface area contributed by atoms with Crippen molar-refractivity contribution in [3.8, 4) is 0 Å². The molecule has 0 aliphatic heterocycles. The van der Waals surface area contributed by atoms with Crippen LogP contribution in [0, 0.1) is 11.8 Å². The molecule has 0 unspecified atom stereocenters. The van der Waals surface area contributed by atoms with E-state index in [4.69, 9.17) is 21.7 Å². The van der Waals surface area contributed by atoms with Gasteiger partial charge in [0.15, 0.2) is 22.7 Å². The molecule has 0 fully saturated rings. The third kappa shape index (κ3) is 12.1. The predicted molar refractivity (Wildman–Crippen MR) is 187 cm³/mol. The highest BCUT2D eigenvalue weighted by atomic mass is 32.1. The van der Waals surface area contributed by atoms with E-state index in [0.29, 0.717) is 11.4 Å². The summed E-state index contributed by atoms with van der Waals surface area (Å²) in [6, 6.07) is 3.15. The quantitative estimate of drug-likeness (QED) is 0.0471. The van der Waals surface area contributed by atoms with E-state index in [1.54, 1.807) is 12.1 Å². The van der Waals surface area contributed by atoms with Crippen LogP contribution in [-0.2, 0) is 35.3 Å². The minimum Gasteiger partial charge on any atom is -0.481 e. The van der Waals surface area contributed by atoms with Gasteiger partial charge in [0, 0.05) is 44.2 Å². The molecule has 4 atom stereocenters. The van der Waals surface area contributed by atoms with Crippen LogP contribution in [0.25, 0.3) is 11.2 Å². The number of carbonyl (C=O) groups excluding carboxylic acids is 4. The van der Waals surface area contributed by atoms with Crippen LogP contribution in [0.1, 0.15) is 49.6 Å². The molecule has 0 spiro atoms. The number of aliphatic carboxylic acids is 3. The molecular weight excluding hydrogens is 706 g/mol. The molecule has 0 bridgehead atoms. The number of nitrogens with two attached hydrogens (primary N) is 2. The van der Waals surface area contributed by atoms with Crippen LogP contribution in [0.15, 0.2) is 35.3 Å². The maximum atomic E-state index is 12.9. The fourth-order valence-electron chi connectivity index (χ4n) is 4.70. The lowest BCUT2D eigenvalue weighted by Crippen LogP contribution is -2.53. The second-order valence-corrected chi connectivity index (χ2v) is 11.9. The summed E-state index contributed by atoms with van der Waals surface area (Å²) in [7, 11) is 0. The molecule has 1 aromatic carbocycles. The summed E-state index contributed by atoms with van der Waals surface area (Å²) < 4.78 is 0. The monoisotopic (exact) mass is 746 g/mol. The van der Waals surface area contributed by atoms with Crippen molar-refractivity contribution in [3.05, 3.63) is 52.1 Å². The molecule has 52 heavy (non-hydrogen) atoms. The van der Waals surface area contributed by atoms with Crippen LogP contribution in [0.2, 0.25) is 0 Å². The molecule has 3 aromatic rings. The molecule has 0 aliphatic carbocycles. The number of aromatic amines is 1. The fourth-order valence-corrected chi connectivity index (χ4v) is 4.99. The molecule has 280 valence electrons. The molecule has 2 aromatic heterocycles. The highest BCUT2D eigenvalue weighted by Crippen LogP contribution is 2.18. The van der Waals surface area contributed by atoms with Crippen molar-refractivity contribution in [1.82, 2.24) is 30.6 Å². The van der Waals surface area contributed by atoms with E-state index in [1.165, 1.54) is 18.3 Å². The summed E-state index contributed by atoms with van der Waals surface area (Å²) in [6.07, 6.45) is -0.965. The summed E-state index contributed by atoms with van der Waals surface area (Å²) in [5, 5.41) is 35.5. The van der Waals surface area contributed by atoms with E-state index in [1.807, 2.05) is 0 Å². The van der Waals surface area contributed by atoms with Crippen molar-refractivity contribution in [2.24, 2.45) is 17.6 Å². The fraction of sp³-hybridized carbons (Fsp3) is 0.387. The minimum absolute atomic E-state index is 0. The van der Waals surface area contributed by atoms with Crippen molar-refractivity contribution in [1.29, 1.82) is 0 Å². The van der Waals surface area contributed by atoms with Gasteiger partial charge in [-0.2, -0.15) is 17.6 Å². The van der Waals surface area contributed by atoms with Gasteiger partial charge in [-0.15, -0.1) is 0 Å². The number of carboxylic acid groups (broad SMARTS) is 3. The number of nitrogens with zero attached hydrogens (tertiary/aromatic N) is 3. The Balaban J connectivity index is 0.00000972. The Bertz CT molecular complexity index is 1900. The summed E-state index contributed by atoms with van der Waals surface area (Å²) in [5.74, 6) is -9.79. The standard InChI is InChI=1S/C31H37N9O11S.H2/c32-19(27(46)38-20(9-24(44)45)22(42)8-16(13-52)30(50)51)12-35-23(43)6-3-15(29(48)49)7-21(41)14-1-4-17(5-2-14)34-10-18-11-36-26-25(37-18)28(47)40-31(33)39-26;/h1-2,4-5,11,15-16,19-20,34,52H,3,6-10,12-13,32H2,(H,35,43)(H,38,46)(H,44,45)(H,48,49)(H,50,51)(H3,33,36,39,40,47);1H/t15-,16-,19-,20-;/m0./s1/i;1+1. The maximum Gasteiger partial charge on any atom is 0.307 e. The van der Waals surface area contributed by atoms with E-state index in [-0.39, 0.29) is 49.2 Å². The number of rotatable bonds is 21. The third-order valence-corrected chi connectivity index (χ3v) is 8.07. The number of aromatic nitrogens is 4. The van der Waals surface area contributed by atoms with Gasteiger partial charge in [-0.25, -0.2) is 9.97 Å². The number of hydrogen-bond donors (Lipinski definition) is 10. The summed E-state index contributed by atoms with van der Waals surface area (Å²) in [6.45, 7) is -0.280.